The van der Waals surface area contributed by atoms with Crippen LogP contribution in [0.4, 0.5) is 0 Å². The van der Waals surface area contributed by atoms with E-state index in [1.807, 2.05) is 0 Å². The molecule has 3 nitrogen and oxygen atoms in total. The fourth-order valence-corrected chi connectivity index (χ4v) is 0.472. The number of rotatable bonds is 3. The maximum atomic E-state index is 10.7. The van der Waals surface area contributed by atoms with Crippen LogP contribution in [-0.2, 0) is 9.53 Å². The summed E-state index contributed by atoms with van der Waals surface area (Å²) in [7, 11) is 1.34. The Hall–Kier alpha value is -1.01. The van der Waals surface area contributed by atoms with Gasteiger partial charge in [0.15, 0.2) is 0 Å². The lowest BCUT2D eigenvalue weighted by molar-refractivity contribution is -0.142. The topological polar surface area (TPSA) is 38.3 Å². The zero-order chi connectivity index (χ0) is 7.98. The number of ether oxygens (including phenoxy) is 1. The third-order valence-electron chi connectivity index (χ3n) is 1.07. The summed E-state index contributed by atoms with van der Waals surface area (Å²) in [6.45, 7) is 2.08. The normalized spacial score (nSPS) is 11.7. The molecule has 0 spiro atoms. The van der Waals surface area contributed by atoms with Crippen molar-refractivity contribution in [1.29, 1.82) is 0 Å². The molecule has 0 aliphatic carbocycles. The average molecular weight is 141 g/mol. The van der Waals surface area contributed by atoms with E-state index in [-0.39, 0.29) is 12.0 Å². The van der Waals surface area contributed by atoms with Crippen LogP contribution in [0.1, 0.15) is 6.92 Å². The van der Waals surface area contributed by atoms with Crippen LogP contribution in [0.25, 0.3) is 0 Å². The molecule has 0 saturated carbocycles. The highest BCUT2D eigenvalue weighted by Crippen LogP contribution is 1.83. The minimum Gasteiger partial charge on any atom is -0.468 e. The SMILES string of the molecule is C#CCNC(C)C(=O)OC. The average Bonchev–Trinajstić information content (AvgIpc) is 1.98. The number of carbonyl (C=O) groups excluding carboxylic acids is 1. The molecular formula is C7H11NO2. The van der Waals surface area contributed by atoms with Crippen molar-refractivity contribution in [3.63, 3.8) is 0 Å². The van der Waals surface area contributed by atoms with E-state index < -0.39 is 0 Å². The smallest absolute Gasteiger partial charge is 0.322 e. The lowest BCUT2D eigenvalue weighted by Crippen LogP contribution is -2.34. The highest BCUT2D eigenvalue weighted by molar-refractivity contribution is 5.75. The van der Waals surface area contributed by atoms with Crippen LogP contribution in [0.3, 0.4) is 0 Å². The molecule has 3 heteroatoms. The van der Waals surface area contributed by atoms with Crippen LogP contribution in [0, 0.1) is 12.3 Å². The van der Waals surface area contributed by atoms with Gasteiger partial charge < -0.3 is 4.74 Å². The van der Waals surface area contributed by atoms with Gasteiger partial charge in [0.25, 0.3) is 0 Å². The fourth-order valence-electron chi connectivity index (χ4n) is 0.472. The summed E-state index contributed by atoms with van der Waals surface area (Å²) in [6.07, 6.45) is 4.95. The fraction of sp³-hybridized carbons (Fsp3) is 0.571. The summed E-state index contributed by atoms with van der Waals surface area (Å²) < 4.78 is 4.44. The van der Waals surface area contributed by atoms with Gasteiger partial charge in [-0.3, -0.25) is 10.1 Å². The number of carbonyl (C=O) groups is 1. The van der Waals surface area contributed by atoms with Gasteiger partial charge in [0.05, 0.1) is 13.7 Å². The maximum Gasteiger partial charge on any atom is 0.322 e. The summed E-state index contributed by atoms with van der Waals surface area (Å²) in [5, 5.41) is 2.77. The number of methoxy groups -OCH3 is 1. The summed E-state index contributed by atoms with van der Waals surface area (Å²) in [6, 6.07) is -0.318. The minimum absolute atomic E-state index is 0.296. The molecule has 0 amide bonds. The Morgan fingerprint density at radius 2 is 2.50 bits per heavy atom. The molecular weight excluding hydrogens is 130 g/mol. The Bertz CT molecular complexity index is 148. The molecule has 0 aliphatic rings. The lowest BCUT2D eigenvalue weighted by Gasteiger charge is -2.07. The molecule has 0 aliphatic heterocycles. The number of terminal acetylenes is 1. The predicted octanol–water partition coefficient (Wildman–Crippen LogP) is -0.229. The van der Waals surface area contributed by atoms with E-state index in [0.717, 1.165) is 0 Å². The zero-order valence-corrected chi connectivity index (χ0v) is 6.18. The summed E-state index contributed by atoms with van der Waals surface area (Å²) in [5.41, 5.74) is 0. The molecule has 0 rings (SSSR count). The summed E-state index contributed by atoms with van der Waals surface area (Å²) >= 11 is 0. The lowest BCUT2D eigenvalue weighted by atomic mass is 10.3. The first-order valence-corrected chi connectivity index (χ1v) is 2.97. The van der Waals surface area contributed by atoms with Crippen LogP contribution in [0.15, 0.2) is 0 Å². The first-order chi connectivity index (χ1) is 4.72. The van der Waals surface area contributed by atoms with E-state index in [4.69, 9.17) is 6.42 Å². The first kappa shape index (κ1) is 8.99. The number of esters is 1. The highest BCUT2D eigenvalue weighted by Gasteiger charge is 2.09. The van der Waals surface area contributed by atoms with Gasteiger partial charge >= 0.3 is 5.97 Å². The van der Waals surface area contributed by atoms with Gasteiger partial charge in [0.2, 0.25) is 0 Å². The summed E-state index contributed by atoms with van der Waals surface area (Å²) in [5.74, 6) is 2.06. The molecule has 10 heavy (non-hydrogen) atoms. The second kappa shape index (κ2) is 4.83. The van der Waals surface area contributed by atoms with E-state index in [0.29, 0.717) is 6.54 Å². The van der Waals surface area contributed by atoms with Gasteiger partial charge in [0, 0.05) is 0 Å². The van der Waals surface area contributed by atoms with Crippen LogP contribution < -0.4 is 5.32 Å². The second-order valence-corrected chi connectivity index (χ2v) is 1.83. The van der Waals surface area contributed by atoms with E-state index >= 15 is 0 Å². The molecule has 0 heterocycles. The van der Waals surface area contributed by atoms with E-state index in [1.165, 1.54) is 7.11 Å². The minimum atomic E-state index is -0.318. The van der Waals surface area contributed by atoms with Crippen LogP contribution in [0.2, 0.25) is 0 Å². The largest absolute Gasteiger partial charge is 0.468 e. The van der Waals surface area contributed by atoms with Crippen molar-refractivity contribution in [2.24, 2.45) is 0 Å². The van der Waals surface area contributed by atoms with Gasteiger partial charge in [-0.2, -0.15) is 0 Å². The van der Waals surface area contributed by atoms with E-state index in [9.17, 15) is 4.79 Å². The second-order valence-electron chi connectivity index (χ2n) is 1.83. The Labute approximate surface area is 60.8 Å². The van der Waals surface area contributed by atoms with Crippen molar-refractivity contribution < 1.29 is 9.53 Å². The highest BCUT2D eigenvalue weighted by atomic mass is 16.5. The predicted molar refractivity (Wildman–Crippen MR) is 38.3 cm³/mol. The molecule has 0 radical (unpaired) electrons. The van der Waals surface area contributed by atoms with Crippen molar-refractivity contribution in [2.75, 3.05) is 13.7 Å². The van der Waals surface area contributed by atoms with Gasteiger partial charge in [-0.25, -0.2) is 0 Å². The molecule has 1 N–H and O–H groups in total. The van der Waals surface area contributed by atoms with E-state index in [2.05, 4.69) is 16.0 Å². The van der Waals surface area contributed by atoms with Gasteiger partial charge in [0.1, 0.15) is 6.04 Å². The molecule has 0 saturated heterocycles. The summed E-state index contributed by atoms with van der Waals surface area (Å²) in [4.78, 5) is 10.7. The van der Waals surface area contributed by atoms with Crippen LogP contribution in [-0.4, -0.2) is 25.7 Å². The Balaban J connectivity index is 3.53. The quantitative estimate of drug-likeness (QED) is 0.436. The maximum absolute atomic E-state index is 10.7. The van der Waals surface area contributed by atoms with Gasteiger partial charge in [-0.15, -0.1) is 6.42 Å². The molecule has 56 valence electrons. The van der Waals surface area contributed by atoms with Crippen molar-refractivity contribution in [1.82, 2.24) is 5.32 Å². The van der Waals surface area contributed by atoms with Crippen molar-refractivity contribution >= 4 is 5.97 Å². The molecule has 0 aromatic carbocycles. The Kier molecular flexibility index (Phi) is 4.34. The molecule has 0 bridgehead atoms. The number of hydrogen-bond donors (Lipinski definition) is 1. The van der Waals surface area contributed by atoms with Gasteiger partial charge in [-0.1, -0.05) is 5.92 Å². The number of hydrogen-bond acceptors (Lipinski definition) is 3. The van der Waals surface area contributed by atoms with Crippen molar-refractivity contribution in [3.8, 4) is 12.3 Å². The van der Waals surface area contributed by atoms with E-state index in [1.54, 1.807) is 6.92 Å². The molecule has 0 aromatic heterocycles. The number of nitrogens with one attached hydrogen (secondary N) is 1. The molecule has 0 fully saturated rings. The van der Waals surface area contributed by atoms with Crippen LogP contribution in [0.5, 0.6) is 0 Å². The molecule has 1 unspecified atom stereocenters. The third-order valence-corrected chi connectivity index (χ3v) is 1.07. The van der Waals surface area contributed by atoms with Crippen LogP contribution >= 0.6 is 0 Å². The Morgan fingerprint density at radius 1 is 1.90 bits per heavy atom. The van der Waals surface area contributed by atoms with Gasteiger partial charge in [-0.05, 0) is 6.92 Å². The standard InChI is InChI=1S/C7H11NO2/c1-4-5-8-6(2)7(9)10-3/h1,6,8H,5H2,2-3H3. The molecule has 0 aromatic rings. The third kappa shape index (κ3) is 3.10. The molecule has 1 atom stereocenters. The Morgan fingerprint density at radius 3 is 2.90 bits per heavy atom. The van der Waals surface area contributed by atoms with Crippen molar-refractivity contribution in [2.45, 2.75) is 13.0 Å². The zero-order valence-electron chi connectivity index (χ0n) is 6.18. The first-order valence-electron chi connectivity index (χ1n) is 2.97. The monoisotopic (exact) mass is 141 g/mol. The van der Waals surface area contributed by atoms with Crippen molar-refractivity contribution in [3.05, 3.63) is 0 Å².